The summed E-state index contributed by atoms with van der Waals surface area (Å²) in [6, 6.07) is 17.8. The third-order valence-electron chi connectivity index (χ3n) is 4.55. The fraction of sp³-hybridized carbons (Fsp3) is 0.174. The van der Waals surface area contributed by atoms with Crippen LogP contribution in [0.1, 0.15) is 23.6 Å². The number of hydrogen-bond acceptors (Lipinski definition) is 3. The van der Waals surface area contributed by atoms with Crippen molar-refractivity contribution in [2.24, 2.45) is 0 Å². The van der Waals surface area contributed by atoms with Crippen molar-refractivity contribution >= 4 is 22.6 Å². The number of nitrogens with one attached hydrogen (secondary N) is 1. The van der Waals surface area contributed by atoms with E-state index in [2.05, 4.69) is 28.2 Å². The first-order chi connectivity index (χ1) is 13.7. The number of rotatable bonds is 7. The Kier molecular flexibility index (Phi) is 5.49. The number of hydrogen-bond donors (Lipinski definition) is 1. The van der Waals surface area contributed by atoms with Gasteiger partial charge < -0.3 is 14.5 Å². The van der Waals surface area contributed by atoms with Gasteiger partial charge in [0.2, 0.25) is 0 Å². The molecule has 4 nitrogen and oxygen atoms in total. The van der Waals surface area contributed by atoms with E-state index < -0.39 is 0 Å². The molecule has 0 fully saturated rings. The molecule has 0 aliphatic carbocycles. The maximum Gasteiger partial charge on any atom is 0.161 e. The number of pyridine rings is 1. The number of halogens is 1. The van der Waals surface area contributed by atoms with Crippen LogP contribution in [-0.2, 0) is 13.0 Å². The maximum absolute atomic E-state index is 5.99. The predicted octanol–water partition coefficient (Wildman–Crippen LogP) is 5.78. The third kappa shape index (κ3) is 4.12. The maximum atomic E-state index is 5.99. The second-order valence-electron chi connectivity index (χ2n) is 6.52. The van der Waals surface area contributed by atoms with Crippen molar-refractivity contribution < 1.29 is 9.47 Å². The zero-order valence-electron chi connectivity index (χ0n) is 15.6. The summed E-state index contributed by atoms with van der Waals surface area (Å²) in [5, 5.41) is 1.86. The lowest BCUT2D eigenvalue weighted by Crippen LogP contribution is -2.00. The minimum Gasteiger partial charge on any atom is -0.490 e. The van der Waals surface area contributed by atoms with Crippen molar-refractivity contribution in [2.75, 3.05) is 6.61 Å². The Balaban J connectivity index is 1.53. The standard InChI is InChI=1S/C23H21ClN2O2/c1-2-27-22-13-17(12-18-14-26-23-20(18)4-3-11-25-23)7-10-21(22)28-15-16-5-8-19(24)9-6-16/h3-11,13-14H,2,12,15H2,1H3,(H,25,26). The van der Waals surface area contributed by atoms with Gasteiger partial charge in [0.05, 0.1) is 6.61 Å². The van der Waals surface area contributed by atoms with E-state index in [4.69, 9.17) is 21.1 Å². The first kappa shape index (κ1) is 18.4. The van der Waals surface area contributed by atoms with E-state index in [0.29, 0.717) is 13.2 Å². The van der Waals surface area contributed by atoms with Crippen LogP contribution in [0.5, 0.6) is 11.5 Å². The van der Waals surface area contributed by atoms with Crippen LogP contribution in [0.2, 0.25) is 5.02 Å². The molecule has 5 heteroatoms. The summed E-state index contributed by atoms with van der Waals surface area (Å²) in [4.78, 5) is 7.58. The van der Waals surface area contributed by atoms with Crippen molar-refractivity contribution in [1.29, 1.82) is 0 Å². The molecule has 142 valence electrons. The smallest absolute Gasteiger partial charge is 0.161 e. The van der Waals surface area contributed by atoms with Crippen LogP contribution in [0.3, 0.4) is 0 Å². The number of fused-ring (bicyclic) bond motifs is 1. The first-order valence-corrected chi connectivity index (χ1v) is 9.64. The number of H-pyrrole nitrogens is 1. The van der Waals surface area contributed by atoms with E-state index in [1.807, 2.05) is 49.5 Å². The number of aromatic amines is 1. The highest BCUT2D eigenvalue weighted by Gasteiger charge is 2.10. The van der Waals surface area contributed by atoms with Gasteiger partial charge in [-0.15, -0.1) is 0 Å². The van der Waals surface area contributed by atoms with E-state index in [9.17, 15) is 0 Å². The van der Waals surface area contributed by atoms with Gasteiger partial charge in [-0.1, -0.05) is 29.8 Å². The molecule has 0 atom stereocenters. The summed E-state index contributed by atoms with van der Waals surface area (Å²) in [6.45, 7) is 3.02. The van der Waals surface area contributed by atoms with E-state index in [-0.39, 0.29) is 0 Å². The zero-order valence-corrected chi connectivity index (χ0v) is 16.4. The fourth-order valence-electron chi connectivity index (χ4n) is 3.17. The predicted molar refractivity (Wildman–Crippen MR) is 112 cm³/mol. The molecule has 0 amide bonds. The lowest BCUT2D eigenvalue weighted by Gasteiger charge is -2.13. The van der Waals surface area contributed by atoms with Crippen LogP contribution in [-0.4, -0.2) is 16.6 Å². The summed E-state index contributed by atoms with van der Waals surface area (Å²) in [7, 11) is 0. The second-order valence-corrected chi connectivity index (χ2v) is 6.96. The van der Waals surface area contributed by atoms with Gasteiger partial charge in [0.25, 0.3) is 0 Å². The highest BCUT2D eigenvalue weighted by Crippen LogP contribution is 2.31. The van der Waals surface area contributed by atoms with Gasteiger partial charge in [0, 0.05) is 22.8 Å². The largest absolute Gasteiger partial charge is 0.490 e. The van der Waals surface area contributed by atoms with Crippen molar-refractivity contribution in [2.45, 2.75) is 20.0 Å². The quantitative estimate of drug-likeness (QED) is 0.433. The molecule has 0 radical (unpaired) electrons. The highest BCUT2D eigenvalue weighted by atomic mass is 35.5. The molecule has 0 unspecified atom stereocenters. The van der Waals surface area contributed by atoms with Gasteiger partial charge in [-0.05, 0) is 66.4 Å². The molecule has 4 rings (SSSR count). The normalized spacial score (nSPS) is 10.9. The van der Waals surface area contributed by atoms with Crippen LogP contribution in [0.4, 0.5) is 0 Å². The number of benzene rings is 2. The summed E-state index contributed by atoms with van der Waals surface area (Å²) >= 11 is 5.94. The molecule has 28 heavy (non-hydrogen) atoms. The Hall–Kier alpha value is -2.98. The lowest BCUT2D eigenvalue weighted by molar-refractivity contribution is 0.269. The van der Waals surface area contributed by atoms with Gasteiger partial charge in [-0.25, -0.2) is 4.98 Å². The average molecular weight is 393 g/mol. The highest BCUT2D eigenvalue weighted by molar-refractivity contribution is 6.30. The van der Waals surface area contributed by atoms with Gasteiger partial charge in [-0.3, -0.25) is 0 Å². The minimum absolute atomic E-state index is 0.463. The SMILES string of the molecule is CCOc1cc(Cc2c[nH]c3ncccc23)ccc1OCc1ccc(Cl)cc1. The number of aromatic nitrogens is 2. The Labute approximate surface area is 169 Å². The summed E-state index contributed by atoms with van der Waals surface area (Å²) in [6.07, 6.45) is 4.61. The van der Waals surface area contributed by atoms with Gasteiger partial charge in [0.15, 0.2) is 11.5 Å². The molecule has 0 bridgehead atoms. The molecule has 0 aliphatic heterocycles. The number of nitrogens with zero attached hydrogens (tertiary/aromatic N) is 1. The lowest BCUT2D eigenvalue weighted by atomic mass is 10.0. The van der Waals surface area contributed by atoms with Crippen LogP contribution in [0.15, 0.2) is 67.0 Å². The molecule has 2 aromatic heterocycles. The summed E-state index contributed by atoms with van der Waals surface area (Å²) in [5.74, 6) is 1.49. The van der Waals surface area contributed by atoms with Crippen molar-refractivity contribution in [3.05, 3.63) is 88.7 Å². The van der Waals surface area contributed by atoms with Crippen LogP contribution in [0, 0.1) is 0 Å². The number of ether oxygens (including phenoxy) is 2. The Morgan fingerprint density at radius 1 is 0.964 bits per heavy atom. The molecule has 1 N–H and O–H groups in total. The van der Waals surface area contributed by atoms with Gasteiger partial charge >= 0.3 is 0 Å². The zero-order chi connectivity index (χ0) is 19.3. The van der Waals surface area contributed by atoms with Crippen LogP contribution < -0.4 is 9.47 Å². The molecule has 0 saturated carbocycles. The van der Waals surface area contributed by atoms with Crippen LogP contribution in [0.25, 0.3) is 11.0 Å². The van der Waals surface area contributed by atoms with Crippen LogP contribution >= 0.6 is 11.6 Å². The Morgan fingerprint density at radius 3 is 2.61 bits per heavy atom. The van der Waals surface area contributed by atoms with E-state index >= 15 is 0 Å². The Morgan fingerprint density at radius 2 is 1.79 bits per heavy atom. The topological polar surface area (TPSA) is 47.1 Å². The molecule has 2 heterocycles. The van der Waals surface area contributed by atoms with E-state index in [1.54, 1.807) is 6.20 Å². The average Bonchev–Trinajstić information content (AvgIpc) is 3.12. The van der Waals surface area contributed by atoms with Gasteiger partial charge in [0.1, 0.15) is 12.3 Å². The molecule has 2 aromatic carbocycles. The second kappa shape index (κ2) is 8.36. The molecular weight excluding hydrogens is 372 g/mol. The van der Waals surface area contributed by atoms with Crippen molar-refractivity contribution in [3.63, 3.8) is 0 Å². The van der Waals surface area contributed by atoms with E-state index in [0.717, 1.165) is 45.1 Å². The molecule has 4 aromatic rings. The molecule has 0 saturated heterocycles. The molecule has 0 spiro atoms. The third-order valence-corrected chi connectivity index (χ3v) is 4.80. The first-order valence-electron chi connectivity index (χ1n) is 9.27. The summed E-state index contributed by atoms with van der Waals surface area (Å²) in [5.41, 5.74) is 4.33. The van der Waals surface area contributed by atoms with E-state index in [1.165, 1.54) is 5.56 Å². The summed E-state index contributed by atoms with van der Waals surface area (Å²) < 4.78 is 11.8. The monoisotopic (exact) mass is 392 g/mol. The van der Waals surface area contributed by atoms with Crippen molar-refractivity contribution in [1.82, 2.24) is 9.97 Å². The Bertz CT molecular complexity index is 1070. The van der Waals surface area contributed by atoms with Crippen molar-refractivity contribution in [3.8, 4) is 11.5 Å². The molecular formula is C23H21ClN2O2. The minimum atomic E-state index is 0.463. The fourth-order valence-corrected chi connectivity index (χ4v) is 3.30. The molecule has 0 aliphatic rings. The van der Waals surface area contributed by atoms with Gasteiger partial charge in [-0.2, -0.15) is 0 Å².